The zero-order valence-electron chi connectivity index (χ0n) is 9.38. The van der Waals surface area contributed by atoms with Crippen LogP contribution in [-0.4, -0.2) is 33.5 Å². The van der Waals surface area contributed by atoms with Crippen molar-refractivity contribution in [3.8, 4) is 0 Å². The highest BCUT2D eigenvalue weighted by molar-refractivity contribution is 5.52. The second-order valence-corrected chi connectivity index (χ2v) is 3.38. The first-order chi connectivity index (χ1) is 8.29. The summed E-state index contributed by atoms with van der Waals surface area (Å²) in [6.07, 6.45) is 6.41. The quantitative estimate of drug-likeness (QED) is 0.781. The fraction of sp³-hybridized carbons (Fsp3) is 0.300. The third-order valence-electron chi connectivity index (χ3n) is 2.13. The van der Waals surface area contributed by atoms with Crippen LogP contribution in [0.5, 0.6) is 0 Å². The molecule has 17 heavy (non-hydrogen) atoms. The predicted molar refractivity (Wildman–Crippen MR) is 62.2 cm³/mol. The summed E-state index contributed by atoms with van der Waals surface area (Å²) in [6.45, 7) is 1.25. The second kappa shape index (κ2) is 5.26. The highest BCUT2D eigenvalue weighted by Gasteiger charge is 2.02. The molecule has 0 aliphatic heterocycles. The van der Waals surface area contributed by atoms with Gasteiger partial charge in [0.1, 0.15) is 0 Å². The minimum absolute atomic E-state index is 0.249. The van der Waals surface area contributed by atoms with Crippen molar-refractivity contribution in [1.29, 1.82) is 0 Å². The molecule has 0 aromatic carbocycles. The first-order valence-electron chi connectivity index (χ1n) is 5.11. The Bertz CT molecular complexity index is 533. The highest BCUT2D eigenvalue weighted by Crippen LogP contribution is 2.08. The van der Waals surface area contributed by atoms with Crippen molar-refractivity contribution < 1.29 is 4.74 Å². The van der Waals surface area contributed by atoms with Crippen LogP contribution in [0.25, 0.3) is 0 Å². The molecular formula is C10H13N5O2. The van der Waals surface area contributed by atoms with Gasteiger partial charge in [0.05, 0.1) is 25.0 Å². The number of nitrogens with one attached hydrogen (secondary N) is 2. The summed E-state index contributed by atoms with van der Waals surface area (Å²) in [5.41, 5.74) is 0.447. The largest absolute Gasteiger partial charge is 0.383 e. The average molecular weight is 235 g/mol. The molecule has 0 amide bonds. The third kappa shape index (κ3) is 2.91. The molecule has 2 aromatic heterocycles. The van der Waals surface area contributed by atoms with E-state index in [0.29, 0.717) is 18.8 Å². The minimum Gasteiger partial charge on any atom is -0.383 e. The number of hydrogen-bond acceptors (Lipinski definition) is 5. The second-order valence-electron chi connectivity index (χ2n) is 3.38. The molecule has 7 nitrogen and oxygen atoms in total. The van der Waals surface area contributed by atoms with E-state index in [2.05, 4.69) is 20.4 Å². The molecule has 7 heteroatoms. The van der Waals surface area contributed by atoms with Gasteiger partial charge in [-0.05, 0) is 0 Å². The molecule has 0 saturated carbocycles. The molecule has 0 spiro atoms. The van der Waals surface area contributed by atoms with Crippen molar-refractivity contribution in [3.05, 3.63) is 35.1 Å². The van der Waals surface area contributed by atoms with Crippen LogP contribution in [0.1, 0.15) is 0 Å². The van der Waals surface area contributed by atoms with E-state index in [1.165, 1.54) is 12.4 Å². The lowest BCUT2D eigenvalue weighted by atomic mass is 10.5. The molecule has 90 valence electrons. The summed E-state index contributed by atoms with van der Waals surface area (Å²) >= 11 is 0. The first kappa shape index (κ1) is 11.3. The van der Waals surface area contributed by atoms with E-state index in [4.69, 9.17) is 4.74 Å². The van der Waals surface area contributed by atoms with Crippen LogP contribution in [0.2, 0.25) is 0 Å². The topological polar surface area (TPSA) is 84.8 Å². The molecule has 0 unspecified atom stereocenters. The fourth-order valence-electron chi connectivity index (χ4n) is 1.31. The number of methoxy groups -OCH3 is 1. The van der Waals surface area contributed by atoms with Gasteiger partial charge in [0, 0.05) is 25.7 Å². The summed E-state index contributed by atoms with van der Waals surface area (Å²) in [4.78, 5) is 17.8. The Morgan fingerprint density at radius 1 is 1.59 bits per heavy atom. The normalized spacial score (nSPS) is 10.4. The van der Waals surface area contributed by atoms with Gasteiger partial charge in [0.25, 0.3) is 5.56 Å². The smallest absolute Gasteiger partial charge is 0.291 e. The van der Waals surface area contributed by atoms with Crippen molar-refractivity contribution in [3.63, 3.8) is 0 Å². The molecule has 2 rings (SSSR count). The zero-order chi connectivity index (χ0) is 12.1. The zero-order valence-corrected chi connectivity index (χ0v) is 9.38. The average Bonchev–Trinajstić information content (AvgIpc) is 2.77. The monoisotopic (exact) mass is 235 g/mol. The Morgan fingerprint density at radius 2 is 2.47 bits per heavy atom. The maximum atomic E-state index is 11.4. The Hall–Kier alpha value is -2.15. The molecule has 2 N–H and O–H groups in total. The summed E-state index contributed by atoms with van der Waals surface area (Å²) in [5.74, 6) is 0.249. The van der Waals surface area contributed by atoms with E-state index in [1.54, 1.807) is 24.2 Å². The van der Waals surface area contributed by atoms with Crippen molar-refractivity contribution in [2.45, 2.75) is 6.54 Å². The number of ether oxygens (including phenoxy) is 1. The molecule has 0 saturated heterocycles. The van der Waals surface area contributed by atoms with Gasteiger partial charge >= 0.3 is 0 Å². The Kier molecular flexibility index (Phi) is 3.51. The van der Waals surface area contributed by atoms with Crippen molar-refractivity contribution >= 4 is 11.5 Å². The van der Waals surface area contributed by atoms with Crippen LogP contribution in [0.15, 0.2) is 29.6 Å². The number of rotatable bonds is 5. The fourth-order valence-corrected chi connectivity index (χ4v) is 1.31. The van der Waals surface area contributed by atoms with Crippen LogP contribution in [-0.2, 0) is 11.3 Å². The maximum Gasteiger partial charge on any atom is 0.291 e. The number of anilines is 2. The van der Waals surface area contributed by atoms with Gasteiger partial charge in [-0.2, -0.15) is 5.10 Å². The standard InChI is InChI=1S/C10H13N5O2/c1-17-5-4-15-7-8(6-13-15)14-9-10(16)12-3-2-11-9/h2-3,6-7H,4-5H2,1H3,(H,11,14)(H,12,16). The molecule has 2 aromatic rings. The molecule has 0 atom stereocenters. The predicted octanol–water partition coefficient (Wildman–Crippen LogP) is 0.356. The van der Waals surface area contributed by atoms with E-state index in [-0.39, 0.29) is 11.4 Å². The lowest BCUT2D eigenvalue weighted by Gasteiger charge is -2.00. The number of aromatic amines is 1. The van der Waals surface area contributed by atoms with Crippen molar-refractivity contribution in [2.75, 3.05) is 19.0 Å². The molecular weight excluding hydrogens is 222 g/mol. The number of hydrogen-bond donors (Lipinski definition) is 2. The Morgan fingerprint density at radius 3 is 3.24 bits per heavy atom. The van der Waals surface area contributed by atoms with Crippen LogP contribution in [0, 0.1) is 0 Å². The van der Waals surface area contributed by atoms with Gasteiger partial charge in [-0.3, -0.25) is 9.48 Å². The molecule has 0 radical (unpaired) electrons. The van der Waals surface area contributed by atoms with Gasteiger partial charge in [-0.15, -0.1) is 0 Å². The number of aromatic nitrogens is 4. The van der Waals surface area contributed by atoms with E-state index in [1.807, 2.05) is 0 Å². The summed E-state index contributed by atoms with van der Waals surface area (Å²) < 4.78 is 6.67. The number of nitrogens with zero attached hydrogens (tertiary/aromatic N) is 3. The van der Waals surface area contributed by atoms with Crippen LogP contribution in [0.4, 0.5) is 11.5 Å². The molecule has 2 heterocycles. The van der Waals surface area contributed by atoms with E-state index >= 15 is 0 Å². The van der Waals surface area contributed by atoms with Crippen LogP contribution in [0.3, 0.4) is 0 Å². The summed E-state index contributed by atoms with van der Waals surface area (Å²) in [6, 6.07) is 0. The van der Waals surface area contributed by atoms with Gasteiger partial charge < -0.3 is 15.0 Å². The molecule has 0 aliphatic carbocycles. The maximum absolute atomic E-state index is 11.4. The Balaban J connectivity index is 2.07. The van der Waals surface area contributed by atoms with Crippen LogP contribution >= 0.6 is 0 Å². The SMILES string of the molecule is COCCn1cc(Nc2ncc[nH]c2=O)cn1. The molecule has 0 aliphatic rings. The van der Waals surface area contributed by atoms with E-state index < -0.39 is 0 Å². The van der Waals surface area contributed by atoms with Crippen LogP contribution < -0.4 is 10.9 Å². The van der Waals surface area contributed by atoms with E-state index in [0.717, 1.165) is 0 Å². The van der Waals surface area contributed by atoms with Gasteiger partial charge in [0.15, 0.2) is 5.82 Å². The van der Waals surface area contributed by atoms with Gasteiger partial charge in [-0.1, -0.05) is 0 Å². The Labute approximate surface area is 97.5 Å². The van der Waals surface area contributed by atoms with Gasteiger partial charge in [-0.25, -0.2) is 4.98 Å². The summed E-state index contributed by atoms with van der Waals surface area (Å²) in [5, 5.41) is 7.00. The highest BCUT2D eigenvalue weighted by atomic mass is 16.5. The minimum atomic E-state index is -0.267. The van der Waals surface area contributed by atoms with Gasteiger partial charge in [0.2, 0.25) is 0 Å². The van der Waals surface area contributed by atoms with E-state index in [9.17, 15) is 4.79 Å². The van der Waals surface area contributed by atoms with Crippen molar-refractivity contribution in [1.82, 2.24) is 19.7 Å². The summed E-state index contributed by atoms with van der Waals surface area (Å²) in [7, 11) is 1.64. The number of H-pyrrole nitrogens is 1. The lowest BCUT2D eigenvalue weighted by Crippen LogP contribution is -2.12. The molecule has 0 fully saturated rings. The first-order valence-corrected chi connectivity index (χ1v) is 5.11. The third-order valence-corrected chi connectivity index (χ3v) is 2.13. The van der Waals surface area contributed by atoms with Crippen molar-refractivity contribution in [2.24, 2.45) is 0 Å². The lowest BCUT2D eigenvalue weighted by molar-refractivity contribution is 0.183. The molecule has 0 bridgehead atoms.